The molecule has 0 saturated heterocycles. The Hall–Kier alpha value is -1.72. The summed E-state index contributed by atoms with van der Waals surface area (Å²) in [4.78, 5) is 1.25. The molecule has 0 N–H and O–H groups in total. The van der Waals surface area contributed by atoms with Crippen LogP contribution in [0.2, 0.25) is 0 Å². The molecule has 2 heteroatoms. The first kappa shape index (κ1) is 10.8. The predicted octanol–water partition coefficient (Wildman–Crippen LogP) is 3.95. The lowest BCUT2D eigenvalue weighted by atomic mass is 10.0. The predicted molar refractivity (Wildman–Crippen MR) is 68.4 cm³/mol. The van der Waals surface area contributed by atoms with E-state index in [0.29, 0.717) is 5.56 Å². The van der Waals surface area contributed by atoms with Gasteiger partial charge in [0.25, 0.3) is 0 Å². The standard InChI is InChI=1S/C14H11NS/c1-16-14-7-5-12(6-8-14)13-4-2-3-11(9-13)10-15/h2-9H,1H3. The first-order valence-electron chi connectivity index (χ1n) is 4.98. The van der Waals surface area contributed by atoms with Crippen LogP contribution in [0.25, 0.3) is 11.1 Å². The van der Waals surface area contributed by atoms with Gasteiger partial charge in [0.15, 0.2) is 0 Å². The van der Waals surface area contributed by atoms with Gasteiger partial charge >= 0.3 is 0 Å². The van der Waals surface area contributed by atoms with Crippen LogP contribution in [0.15, 0.2) is 53.4 Å². The van der Waals surface area contributed by atoms with Gasteiger partial charge in [-0.1, -0.05) is 24.3 Å². The van der Waals surface area contributed by atoms with Gasteiger partial charge < -0.3 is 0 Å². The number of nitrogens with zero attached hydrogens (tertiary/aromatic N) is 1. The van der Waals surface area contributed by atoms with Crippen molar-refractivity contribution >= 4 is 11.8 Å². The van der Waals surface area contributed by atoms with Crippen LogP contribution < -0.4 is 0 Å². The zero-order valence-electron chi connectivity index (χ0n) is 8.97. The first-order chi connectivity index (χ1) is 7.83. The summed E-state index contributed by atoms with van der Waals surface area (Å²) in [5.74, 6) is 0. The topological polar surface area (TPSA) is 23.8 Å². The van der Waals surface area contributed by atoms with Gasteiger partial charge in [-0.05, 0) is 41.6 Å². The Bertz CT molecular complexity index is 523. The highest BCUT2D eigenvalue weighted by molar-refractivity contribution is 7.98. The molecule has 0 fully saturated rings. The van der Waals surface area contributed by atoms with Crippen molar-refractivity contribution < 1.29 is 0 Å². The molecule has 0 heterocycles. The largest absolute Gasteiger partial charge is 0.192 e. The van der Waals surface area contributed by atoms with Gasteiger partial charge in [0, 0.05) is 4.90 Å². The number of hydrogen-bond donors (Lipinski definition) is 0. The van der Waals surface area contributed by atoms with Crippen molar-refractivity contribution in [3.8, 4) is 17.2 Å². The highest BCUT2D eigenvalue weighted by atomic mass is 32.2. The Balaban J connectivity index is 2.39. The van der Waals surface area contributed by atoms with E-state index in [2.05, 4.69) is 36.6 Å². The molecule has 0 aliphatic rings. The van der Waals surface area contributed by atoms with E-state index in [0.717, 1.165) is 11.1 Å². The van der Waals surface area contributed by atoms with Gasteiger partial charge in [-0.25, -0.2) is 0 Å². The van der Waals surface area contributed by atoms with Crippen molar-refractivity contribution in [1.29, 1.82) is 5.26 Å². The molecule has 0 aliphatic carbocycles. The smallest absolute Gasteiger partial charge is 0.0991 e. The summed E-state index contributed by atoms with van der Waals surface area (Å²) in [6, 6.07) is 18.2. The van der Waals surface area contributed by atoms with E-state index in [-0.39, 0.29) is 0 Å². The molecular weight excluding hydrogens is 214 g/mol. The average molecular weight is 225 g/mol. The van der Waals surface area contributed by atoms with Crippen LogP contribution in [-0.4, -0.2) is 6.26 Å². The highest BCUT2D eigenvalue weighted by Crippen LogP contribution is 2.23. The molecule has 2 aromatic carbocycles. The van der Waals surface area contributed by atoms with Gasteiger partial charge in [-0.3, -0.25) is 0 Å². The van der Waals surface area contributed by atoms with Gasteiger partial charge in [0.1, 0.15) is 0 Å². The van der Waals surface area contributed by atoms with Crippen molar-refractivity contribution in [2.24, 2.45) is 0 Å². The fraction of sp³-hybridized carbons (Fsp3) is 0.0714. The minimum atomic E-state index is 0.700. The van der Waals surface area contributed by atoms with E-state index >= 15 is 0 Å². The molecule has 0 aliphatic heterocycles. The van der Waals surface area contributed by atoms with E-state index in [1.807, 2.05) is 24.3 Å². The zero-order valence-corrected chi connectivity index (χ0v) is 9.79. The van der Waals surface area contributed by atoms with Crippen LogP contribution in [0, 0.1) is 11.3 Å². The molecule has 0 spiro atoms. The normalized spacial score (nSPS) is 9.75. The summed E-state index contributed by atoms with van der Waals surface area (Å²) in [5.41, 5.74) is 2.94. The Labute approximate surface area is 99.7 Å². The molecular formula is C14H11NS. The van der Waals surface area contributed by atoms with Gasteiger partial charge in [0.2, 0.25) is 0 Å². The van der Waals surface area contributed by atoms with Crippen LogP contribution in [0.1, 0.15) is 5.56 Å². The van der Waals surface area contributed by atoms with E-state index in [4.69, 9.17) is 5.26 Å². The van der Waals surface area contributed by atoms with E-state index < -0.39 is 0 Å². The number of rotatable bonds is 2. The molecule has 0 unspecified atom stereocenters. The number of benzene rings is 2. The number of nitriles is 1. The minimum absolute atomic E-state index is 0.700. The van der Waals surface area contributed by atoms with Crippen LogP contribution in [0.4, 0.5) is 0 Å². The maximum Gasteiger partial charge on any atom is 0.0991 e. The maximum atomic E-state index is 8.84. The van der Waals surface area contributed by atoms with Gasteiger partial charge in [-0.2, -0.15) is 5.26 Å². The third kappa shape index (κ3) is 2.26. The van der Waals surface area contributed by atoms with E-state index in [9.17, 15) is 0 Å². The second-order valence-electron chi connectivity index (χ2n) is 3.42. The van der Waals surface area contributed by atoms with Crippen LogP contribution in [0.5, 0.6) is 0 Å². The molecule has 1 nitrogen and oxygen atoms in total. The first-order valence-corrected chi connectivity index (χ1v) is 6.20. The Morgan fingerprint density at radius 3 is 2.38 bits per heavy atom. The van der Waals surface area contributed by atoms with Crippen LogP contribution in [-0.2, 0) is 0 Å². The minimum Gasteiger partial charge on any atom is -0.192 e. The van der Waals surface area contributed by atoms with Gasteiger partial charge in [0.05, 0.1) is 11.6 Å². The Morgan fingerprint density at radius 1 is 1.00 bits per heavy atom. The van der Waals surface area contributed by atoms with Crippen molar-refractivity contribution in [3.63, 3.8) is 0 Å². The Kier molecular flexibility index (Phi) is 3.28. The summed E-state index contributed by atoms with van der Waals surface area (Å²) in [6.07, 6.45) is 2.06. The lowest BCUT2D eigenvalue weighted by molar-refractivity contribution is 1.45. The fourth-order valence-corrected chi connectivity index (χ4v) is 1.96. The maximum absolute atomic E-state index is 8.84. The molecule has 0 radical (unpaired) electrons. The quantitative estimate of drug-likeness (QED) is 0.723. The summed E-state index contributed by atoms with van der Waals surface area (Å²) in [7, 11) is 0. The van der Waals surface area contributed by atoms with Crippen LogP contribution in [0.3, 0.4) is 0 Å². The average Bonchev–Trinajstić information content (AvgIpc) is 2.39. The van der Waals surface area contributed by atoms with E-state index in [1.54, 1.807) is 11.8 Å². The second-order valence-corrected chi connectivity index (χ2v) is 4.30. The third-order valence-corrected chi connectivity index (χ3v) is 3.16. The SMILES string of the molecule is CSc1ccc(-c2cccc(C#N)c2)cc1. The molecule has 0 amide bonds. The van der Waals surface area contributed by atoms with Gasteiger partial charge in [-0.15, -0.1) is 11.8 Å². The van der Waals surface area contributed by atoms with Crippen LogP contribution >= 0.6 is 11.8 Å². The molecule has 0 saturated carbocycles. The molecule has 2 aromatic rings. The monoisotopic (exact) mass is 225 g/mol. The van der Waals surface area contributed by atoms with E-state index in [1.165, 1.54) is 4.90 Å². The Morgan fingerprint density at radius 2 is 1.75 bits per heavy atom. The summed E-state index contributed by atoms with van der Waals surface area (Å²) in [5, 5.41) is 8.84. The number of thioether (sulfide) groups is 1. The molecule has 0 bridgehead atoms. The zero-order chi connectivity index (χ0) is 11.4. The lowest BCUT2D eigenvalue weighted by Gasteiger charge is -2.03. The highest BCUT2D eigenvalue weighted by Gasteiger charge is 1.98. The molecule has 0 aromatic heterocycles. The van der Waals surface area contributed by atoms with Crippen molar-refractivity contribution in [2.75, 3.05) is 6.26 Å². The van der Waals surface area contributed by atoms with Crippen molar-refractivity contribution in [2.45, 2.75) is 4.90 Å². The lowest BCUT2D eigenvalue weighted by Crippen LogP contribution is -1.80. The number of hydrogen-bond acceptors (Lipinski definition) is 2. The molecule has 0 atom stereocenters. The van der Waals surface area contributed by atoms with Crippen molar-refractivity contribution in [3.05, 3.63) is 54.1 Å². The summed E-state index contributed by atoms with van der Waals surface area (Å²) in [6.45, 7) is 0. The van der Waals surface area contributed by atoms with Crippen molar-refractivity contribution in [1.82, 2.24) is 0 Å². The summed E-state index contributed by atoms with van der Waals surface area (Å²) >= 11 is 1.73. The second kappa shape index (κ2) is 4.87. The molecule has 2 rings (SSSR count). The molecule has 78 valence electrons. The third-order valence-electron chi connectivity index (χ3n) is 2.42. The molecule has 16 heavy (non-hydrogen) atoms. The summed E-state index contributed by atoms with van der Waals surface area (Å²) < 4.78 is 0. The fourth-order valence-electron chi connectivity index (χ4n) is 1.55.